The van der Waals surface area contributed by atoms with Gasteiger partial charge >= 0.3 is 5.97 Å². The van der Waals surface area contributed by atoms with Gasteiger partial charge in [-0.2, -0.15) is 0 Å². The van der Waals surface area contributed by atoms with Gasteiger partial charge in [-0.1, -0.05) is 0 Å². The number of furan rings is 1. The van der Waals surface area contributed by atoms with Gasteiger partial charge in [-0.25, -0.2) is 0 Å². The number of hydrogen-bond acceptors (Lipinski definition) is 3. The lowest BCUT2D eigenvalue weighted by atomic mass is 9.95. The van der Waals surface area contributed by atoms with E-state index in [9.17, 15) is 4.79 Å². The average Bonchev–Trinajstić information content (AvgIpc) is 2.69. The zero-order valence-corrected chi connectivity index (χ0v) is 8.75. The first-order valence-corrected chi connectivity index (χ1v) is 5.19. The number of carbonyl (C=O) groups is 1. The highest BCUT2D eigenvalue weighted by Crippen LogP contribution is 2.34. The third-order valence-corrected chi connectivity index (χ3v) is 3.03. The first-order valence-electron chi connectivity index (χ1n) is 5.19. The van der Waals surface area contributed by atoms with Crippen LogP contribution in [-0.4, -0.2) is 17.6 Å². The summed E-state index contributed by atoms with van der Waals surface area (Å²) in [6, 6.07) is 0. The van der Waals surface area contributed by atoms with E-state index in [0.717, 1.165) is 41.9 Å². The summed E-state index contributed by atoms with van der Waals surface area (Å²) in [5.41, 5.74) is 7.41. The molecule has 4 heteroatoms. The molecule has 0 spiro atoms. The molecule has 3 N–H and O–H groups in total. The number of aliphatic carboxylic acids is 1. The number of aryl methyl sites for hydroxylation is 2. The number of nitrogens with two attached hydrogens (primary N) is 1. The molecule has 0 aromatic carbocycles. The van der Waals surface area contributed by atoms with Gasteiger partial charge < -0.3 is 15.3 Å². The van der Waals surface area contributed by atoms with Crippen LogP contribution in [0.4, 0.5) is 0 Å². The predicted molar refractivity (Wildman–Crippen MR) is 54.9 cm³/mol. The normalized spacial score (nSPS) is 16.4. The van der Waals surface area contributed by atoms with E-state index in [1.165, 1.54) is 0 Å². The molecule has 1 atom stereocenters. The van der Waals surface area contributed by atoms with E-state index >= 15 is 0 Å². The minimum Gasteiger partial charge on any atom is -0.481 e. The van der Waals surface area contributed by atoms with E-state index in [0.29, 0.717) is 0 Å². The van der Waals surface area contributed by atoms with Crippen LogP contribution in [-0.2, 0) is 17.6 Å². The van der Waals surface area contributed by atoms with Crippen LogP contribution < -0.4 is 5.73 Å². The van der Waals surface area contributed by atoms with E-state index < -0.39 is 11.9 Å². The molecule has 1 aromatic heterocycles. The fraction of sp³-hybridized carbons (Fsp3) is 0.545. The van der Waals surface area contributed by atoms with Crippen molar-refractivity contribution in [1.29, 1.82) is 0 Å². The van der Waals surface area contributed by atoms with E-state index in [1.54, 1.807) is 0 Å². The molecule has 1 aromatic rings. The maximum absolute atomic E-state index is 11.1. The van der Waals surface area contributed by atoms with E-state index in [1.807, 2.05) is 6.92 Å². The summed E-state index contributed by atoms with van der Waals surface area (Å²) in [6.07, 6.45) is 2.90. The molecule has 0 amide bonds. The van der Waals surface area contributed by atoms with Crippen molar-refractivity contribution in [1.82, 2.24) is 0 Å². The predicted octanol–water partition coefficient (Wildman–Crippen LogP) is 1.20. The summed E-state index contributed by atoms with van der Waals surface area (Å²) in [5, 5.41) is 9.08. The highest BCUT2D eigenvalue weighted by molar-refractivity contribution is 5.77. The maximum atomic E-state index is 11.1. The second-order valence-electron chi connectivity index (χ2n) is 3.95. The minimum absolute atomic E-state index is 0.127. The summed E-state index contributed by atoms with van der Waals surface area (Å²) >= 11 is 0. The SMILES string of the molecule is Cc1oc2c(c1C(CN)C(=O)O)CCC2. The Balaban J connectivity index is 2.46. The van der Waals surface area contributed by atoms with Crippen LogP contribution in [0.1, 0.15) is 35.0 Å². The van der Waals surface area contributed by atoms with Crippen molar-refractivity contribution >= 4 is 5.97 Å². The van der Waals surface area contributed by atoms with E-state index in [2.05, 4.69) is 0 Å². The highest BCUT2D eigenvalue weighted by atomic mass is 16.4. The molecule has 0 aliphatic heterocycles. The van der Waals surface area contributed by atoms with Gasteiger partial charge in [0.05, 0.1) is 5.92 Å². The fourth-order valence-corrected chi connectivity index (χ4v) is 2.36. The molecule has 15 heavy (non-hydrogen) atoms. The van der Waals surface area contributed by atoms with Crippen molar-refractivity contribution in [2.75, 3.05) is 6.54 Å². The molecule has 2 rings (SSSR count). The Bertz CT molecular complexity index is 395. The summed E-state index contributed by atoms with van der Waals surface area (Å²) in [7, 11) is 0. The molecule has 1 aliphatic carbocycles. The summed E-state index contributed by atoms with van der Waals surface area (Å²) in [4.78, 5) is 11.1. The Labute approximate surface area is 88.1 Å². The zero-order chi connectivity index (χ0) is 11.0. The quantitative estimate of drug-likeness (QED) is 0.784. The maximum Gasteiger partial charge on any atom is 0.312 e. The number of carboxylic acid groups (broad SMARTS) is 1. The summed E-state index contributed by atoms with van der Waals surface area (Å²) < 4.78 is 5.57. The van der Waals surface area contributed by atoms with Crippen LogP contribution in [0, 0.1) is 6.92 Å². The summed E-state index contributed by atoms with van der Waals surface area (Å²) in [6.45, 7) is 1.95. The first-order chi connectivity index (χ1) is 7.15. The average molecular weight is 209 g/mol. The molecule has 82 valence electrons. The van der Waals surface area contributed by atoms with Crippen molar-refractivity contribution < 1.29 is 14.3 Å². The number of hydrogen-bond donors (Lipinski definition) is 2. The Morgan fingerprint density at radius 1 is 1.60 bits per heavy atom. The minimum atomic E-state index is -0.865. The van der Waals surface area contributed by atoms with Gasteiger partial charge in [0.25, 0.3) is 0 Å². The number of carboxylic acids is 1. The van der Waals surface area contributed by atoms with Crippen LogP contribution >= 0.6 is 0 Å². The van der Waals surface area contributed by atoms with E-state index in [4.69, 9.17) is 15.3 Å². The molecule has 0 radical (unpaired) electrons. The number of rotatable bonds is 3. The number of fused-ring (bicyclic) bond motifs is 1. The van der Waals surface area contributed by atoms with Gasteiger partial charge in [-0.05, 0) is 25.3 Å². The molecule has 0 fully saturated rings. The third-order valence-electron chi connectivity index (χ3n) is 3.03. The molecule has 1 heterocycles. The van der Waals surface area contributed by atoms with Gasteiger partial charge in [0.1, 0.15) is 11.5 Å². The van der Waals surface area contributed by atoms with Gasteiger partial charge in [-0.3, -0.25) is 4.79 Å². The molecule has 0 saturated carbocycles. The highest BCUT2D eigenvalue weighted by Gasteiger charge is 2.30. The molecule has 1 unspecified atom stereocenters. The zero-order valence-electron chi connectivity index (χ0n) is 8.75. The Hall–Kier alpha value is -1.29. The molecule has 0 bridgehead atoms. The van der Waals surface area contributed by atoms with Crippen molar-refractivity contribution in [3.8, 4) is 0 Å². The largest absolute Gasteiger partial charge is 0.481 e. The first kappa shape index (κ1) is 10.2. The van der Waals surface area contributed by atoms with Crippen LogP contribution in [0.5, 0.6) is 0 Å². The smallest absolute Gasteiger partial charge is 0.312 e. The van der Waals surface area contributed by atoms with Crippen LogP contribution in [0.15, 0.2) is 4.42 Å². The molecular formula is C11H15NO3. The Kier molecular flexibility index (Phi) is 2.52. The van der Waals surface area contributed by atoms with Crippen LogP contribution in [0.3, 0.4) is 0 Å². The van der Waals surface area contributed by atoms with Gasteiger partial charge in [0.15, 0.2) is 0 Å². The lowest BCUT2D eigenvalue weighted by molar-refractivity contribution is -0.138. The lowest BCUT2D eigenvalue weighted by Gasteiger charge is -2.10. The standard InChI is InChI=1S/C11H15NO3/c1-6-10(8(5-12)11(13)14)7-3-2-4-9(7)15-6/h8H,2-5,12H2,1H3,(H,13,14). The molecule has 1 aliphatic rings. The Morgan fingerprint density at radius 3 is 2.93 bits per heavy atom. The second-order valence-corrected chi connectivity index (χ2v) is 3.95. The van der Waals surface area contributed by atoms with Crippen LogP contribution in [0.25, 0.3) is 0 Å². The fourth-order valence-electron chi connectivity index (χ4n) is 2.36. The van der Waals surface area contributed by atoms with Gasteiger partial charge in [-0.15, -0.1) is 0 Å². The third kappa shape index (κ3) is 1.55. The van der Waals surface area contributed by atoms with Crippen molar-refractivity contribution in [2.24, 2.45) is 5.73 Å². The Morgan fingerprint density at radius 2 is 2.33 bits per heavy atom. The van der Waals surface area contributed by atoms with Gasteiger partial charge in [0.2, 0.25) is 0 Å². The van der Waals surface area contributed by atoms with Gasteiger partial charge in [0, 0.05) is 18.5 Å². The molecule has 4 nitrogen and oxygen atoms in total. The lowest BCUT2D eigenvalue weighted by Crippen LogP contribution is -2.22. The van der Waals surface area contributed by atoms with Crippen molar-refractivity contribution in [3.63, 3.8) is 0 Å². The molecule has 0 saturated heterocycles. The summed E-state index contributed by atoms with van der Waals surface area (Å²) in [5.74, 6) is 0.200. The van der Waals surface area contributed by atoms with Crippen molar-refractivity contribution in [2.45, 2.75) is 32.1 Å². The topological polar surface area (TPSA) is 76.5 Å². The van der Waals surface area contributed by atoms with Crippen LogP contribution in [0.2, 0.25) is 0 Å². The second kappa shape index (κ2) is 3.70. The van der Waals surface area contributed by atoms with Crippen molar-refractivity contribution in [3.05, 3.63) is 22.6 Å². The monoisotopic (exact) mass is 209 g/mol. The van der Waals surface area contributed by atoms with E-state index in [-0.39, 0.29) is 6.54 Å². The molecular weight excluding hydrogens is 194 g/mol.